The van der Waals surface area contributed by atoms with Gasteiger partial charge in [-0.05, 0) is 30.6 Å². The molecule has 3 heteroatoms. The highest BCUT2D eigenvalue weighted by molar-refractivity contribution is 5.77. The van der Waals surface area contributed by atoms with Crippen molar-refractivity contribution in [1.29, 1.82) is 5.26 Å². The Balaban J connectivity index is 0.000000673. The van der Waals surface area contributed by atoms with E-state index >= 15 is 0 Å². The second-order valence-corrected chi connectivity index (χ2v) is 5.06. The second kappa shape index (κ2) is 7.27. The summed E-state index contributed by atoms with van der Waals surface area (Å²) >= 11 is 0. The molecule has 1 saturated carbocycles. The molecule has 1 fully saturated rings. The van der Waals surface area contributed by atoms with Crippen LogP contribution in [0.1, 0.15) is 47.0 Å². The number of primary amides is 1. The molecule has 0 aromatic carbocycles. The van der Waals surface area contributed by atoms with E-state index in [1.807, 2.05) is 0 Å². The molecule has 1 amide bonds. The molecule has 1 rings (SSSR count). The molecule has 0 heterocycles. The fraction of sp³-hybridized carbons (Fsp3) is 0.846. The summed E-state index contributed by atoms with van der Waals surface area (Å²) in [6.45, 7) is 8.03. The van der Waals surface area contributed by atoms with Crippen molar-refractivity contribution < 1.29 is 4.79 Å². The molecule has 3 unspecified atom stereocenters. The molecular weight excluding hydrogens is 200 g/mol. The van der Waals surface area contributed by atoms with Crippen LogP contribution >= 0.6 is 0 Å². The van der Waals surface area contributed by atoms with E-state index in [4.69, 9.17) is 11.0 Å². The van der Waals surface area contributed by atoms with Crippen LogP contribution in [0.15, 0.2) is 0 Å². The Hall–Kier alpha value is -1.04. The van der Waals surface area contributed by atoms with E-state index in [2.05, 4.69) is 20.8 Å². The summed E-state index contributed by atoms with van der Waals surface area (Å²) < 4.78 is 0. The van der Waals surface area contributed by atoms with Gasteiger partial charge in [0.1, 0.15) is 0 Å². The van der Waals surface area contributed by atoms with Crippen LogP contribution in [0.3, 0.4) is 0 Å². The van der Waals surface area contributed by atoms with E-state index in [0.717, 1.165) is 6.42 Å². The van der Waals surface area contributed by atoms with Crippen molar-refractivity contribution in [3.8, 4) is 6.07 Å². The van der Waals surface area contributed by atoms with Crippen LogP contribution < -0.4 is 5.73 Å². The zero-order valence-corrected chi connectivity index (χ0v) is 10.9. The third-order valence-electron chi connectivity index (χ3n) is 3.39. The molecule has 16 heavy (non-hydrogen) atoms. The number of nitrogens with two attached hydrogens (primary N) is 1. The molecule has 0 radical (unpaired) electrons. The van der Waals surface area contributed by atoms with Crippen molar-refractivity contribution >= 4 is 5.91 Å². The Morgan fingerprint density at radius 3 is 2.31 bits per heavy atom. The van der Waals surface area contributed by atoms with Crippen molar-refractivity contribution in [3.63, 3.8) is 0 Å². The largest absolute Gasteiger partial charge is 0.369 e. The lowest BCUT2D eigenvalue weighted by atomic mass is 9.70. The summed E-state index contributed by atoms with van der Waals surface area (Å²) in [6, 6.07) is 1.75. The Kier molecular flexibility index (Phi) is 6.80. The van der Waals surface area contributed by atoms with Gasteiger partial charge in [0.2, 0.25) is 5.91 Å². The van der Waals surface area contributed by atoms with E-state index in [1.54, 1.807) is 6.07 Å². The number of rotatable bonds is 2. The van der Waals surface area contributed by atoms with Crippen LogP contribution in [0, 0.1) is 35.0 Å². The number of nitrogens with zero attached hydrogens (tertiary/aromatic N) is 1. The van der Waals surface area contributed by atoms with Gasteiger partial charge in [0.15, 0.2) is 0 Å². The molecule has 0 aromatic rings. The van der Waals surface area contributed by atoms with Gasteiger partial charge >= 0.3 is 0 Å². The molecule has 1 aliphatic carbocycles. The standard InChI is InChI=1S/C11H21NO.C2H3N/c1-7(2)9-5-4-8(3)6-10(9)11(12)13;1-2-3/h7-10H,4-6H2,1-3H3,(H2,12,13);1H3. The average Bonchev–Trinajstić information content (AvgIpc) is 2.18. The van der Waals surface area contributed by atoms with Crippen LogP contribution in [0.4, 0.5) is 0 Å². The lowest BCUT2D eigenvalue weighted by Gasteiger charge is -2.35. The molecule has 0 aromatic heterocycles. The Labute approximate surface area is 99.0 Å². The maximum Gasteiger partial charge on any atom is 0.220 e. The predicted molar refractivity (Wildman–Crippen MR) is 65.3 cm³/mol. The summed E-state index contributed by atoms with van der Waals surface area (Å²) in [5, 5.41) is 7.32. The van der Waals surface area contributed by atoms with Crippen LogP contribution in [-0.4, -0.2) is 5.91 Å². The number of nitriles is 1. The maximum atomic E-state index is 11.2. The van der Waals surface area contributed by atoms with Gasteiger partial charge in [-0.25, -0.2) is 0 Å². The summed E-state index contributed by atoms with van der Waals surface area (Å²) in [7, 11) is 0. The van der Waals surface area contributed by atoms with Crippen molar-refractivity contribution in [2.75, 3.05) is 0 Å². The minimum Gasteiger partial charge on any atom is -0.369 e. The van der Waals surface area contributed by atoms with Gasteiger partial charge in [0.05, 0.1) is 6.07 Å². The van der Waals surface area contributed by atoms with Gasteiger partial charge < -0.3 is 5.73 Å². The minimum absolute atomic E-state index is 0.0924. The third-order valence-corrected chi connectivity index (χ3v) is 3.39. The van der Waals surface area contributed by atoms with Crippen LogP contribution in [0.2, 0.25) is 0 Å². The van der Waals surface area contributed by atoms with Crippen LogP contribution in [-0.2, 0) is 4.79 Å². The zero-order valence-electron chi connectivity index (χ0n) is 10.9. The number of hydrogen-bond donors (Lipinski definition) is 1. The fourth-order valence-corrected chi connectivity index (χ4v) is 2.53. The second-order valence-electron chi connectivity index (χ2n) is 5.06. The number of carbonyl (C=O) groups excluding carboxylic acids is 1. The van der Waals surface area contributed by atoms with E-state index in [0.29, 0.717) is 17.8 Å². The summed E-state index contributed by atoms with van der Waals surface area (Å²) in [5.41, 5.74) is 5.42. The van der Waals surface area contributed by atoms with E-state index < -0.39 is 0 Å². The van der Waals surface area contributed by atoms with Crippen molar-refractivity contribution in [2.45, 2.75) is 47.0 Å². The number of hydrogen-bond acceptors (Lipinski definition) is 2. The zero-order chi connectivity index (χ0) is 12.7. The lowest BCUT2D eigenvalue weighted by Crippen LogP contribution is -2.37. The quantitative estimate of drug-likeness (QED) is 0.783. The van der Waals surface area contributed by atoms with Crippen molar-refractivity contribution in [3.05, 3.63) is 0 Å². The summed E-state index contributed by atoms with van der Waals surface area (Å²) in [4.78, 5) is 11.2. The molecule has 2 N–H and O–H groups in total. The highest BCUT2D eigenvalue weighted by Gasteiger charge is 2.33. The Morgan fingerprint density at radius 2 is 1.94 bits per heavy atom. The van der Waals surface area contributed by atoms with E-state index in [1.165, 1.54) is 19.8 Å². The molecule has 0 saturated heterocycles. The van der Waals surface area contributed by atoms with Gasteiger partial charge in [-0.2, -0.15) is 5.26 Å². The van der Waals surface area contributed by atoms with Crippen LogP contribution in [0.5, 0.6) is 0 Å². The number of amides is 1. The highest BCUT2D eigenvalue weighted by Crippen LogP contribution is 2.37. The van der Waals surface area contributed by atoms with E-state index in [9.17, 15) is 4.79 Å². The van der Waals surface area contributed by atoms with Gasteiger partial charge in [0.25, 0.3) is 0 Å². The molecule has 3 nitrogen and oxygen atoms in total. The fourth-order valence-electron chi connectivity index (χ4n) is 2.53. The van der Waals surface area contributed by atoms with Crippen LogP contribution in [0.25, 0.3) is 0 Å². The normalized spacial score (nSPS) is 28.9. The molecule has 0 bridgehead atoms. The molecule has 3 atom stereocenters. The Bertz CT molecular complexity index is 255. The molecule has 0 aliphatic heterocycles. The topological polar surface area (TPSA) is 66.9 Å². The first-order valence-corrected chi connectivity index (χ1v) is 6.04. The first-order valence-electron chi connectivity index (χ1n) is 6.04. The van der Waals surface area contributed by atoms with Gasteiger partial charge in [-0.15, -0.1) is 0 Å². The van der Waals surface area contributed by atoms with Crippen molar-refractivity contribution in [2.24, 2.45) is 29.4 Å². The summed E-state index contributed by atoms with van der Waals surface area (Å²) in [6.07, 6.45) is 3.43. The van der Waals surface area contributed by atoms with Crippen molar-refractivity contribution in [1.82, 2.24) is 0 Å². The number of carbonyl (C=O) groups is 1. The van der Waals surface area contributed by atoms with Gasteiger partial charge in [0, 0.05) is 12.8 Å². The maximum absolute atomic E-state index is 11.2. The monoisotopic (exact) mass is 224 g/mol. The highest BCUT2D eigenvalue weighted by atomic mass is 16.1. The van der Waals surface area contributed by atoms with Gasteiger partial charge in [-0.1, -0.05) is 27.2 Å². The average molecular weight is 224 g/mol. The minimum atomic E-state index is -0.0924. The van der Waals surface area contributed by atoms with Gasteiger partial charge in [-0.3, -0.25) is 4.79 Å². The predicted octanol–water partition coefficient (Wildman–Crippen LogP) is 2.71. The molecular formula is C13H24N2O. The first-order chi connectivity index (χ1) is 7.43. The molecule has 0 spiro atoms. The van der Waals surface area contributed by atoms with E-state index in [-0.39, 0.29) is 11.8 Å². The third kappa shape index (κ3) is 4.65. The lowest BCUT2D eigenvalue weighted by molar-refractivity contribution is -0.125. The SMILES string of the molecule is CC#N.CC1CCC(C(C)C)C(C(N)=O)C1. The molecule has 1 aliphatic rings. The molecule has 92 valence electrons. The Morgan fingerprint density at radius 1 is 1.44 bits per heavy atom. The summed E-state index contributed by atoms with van der Waals surface area (Å²) in [5.74, 6) is 1.82. The first kappa shape index (κ1) is 15.0. The smallest absolute Gasteiger partial charge is 0.220 e.